The van der Waals surface area contributed by atoms with Crippen molar-refractivity contribution in [3.8, 4) is 5.75 Å². The van der Waals surface area contributed by atoms with Crippen LogP contribution in [0.25, 0.3) is 0 Å². The van der Waals surface area contributed by atoms with Crippen LogP contribution in [-0.2, 0) is 0 Å². The van der Waals surface area contributed by atoms with E-state index in [4.69, 9.17) is 4.74 Å². The largest absolute Gasteiger partial charge is 1.00 e. The van der Waals surface area contributed by atoms with E-state index in [9.17, 15) is 0 Å². The second-order valence-corrected chi connectivity index (χ2v) is 2.47. The average Bonchev–Trinajstić information content (AvgIpc) is 2.03. The minimum atomic E-state index is 0. The van der Waals surface area contributed by atoms with E-state index in [1.165, 1.54) is 0 Å². The van der Waals surface area contributed by atoms with Gasteiger partial charge in [0.15, 0.2) is 0 Å². The van der Waals surface area contributed by atoms with Crippen LogP contribution < -0.4 is 23.6 Å². The van der Waals surface area contributed by atoms with E-state index in [1.54, 1.807) is 0 Å². The Labute approximate surface area is 85.6 Å². The molecule has 2 heteroatoms. The molecular weight excluding hydrogens is 143 g/mol. The summed E-state index contributed by atoms with van der Waals surface area (Å²) in [6, 6.07) is 10.5. The van der Waals surface area contributed by atoms with Gasteiger partial charge in [-0.1, -0.05) is 6.58 Å². The summed E-state index contributed by atoms with van der Waals surface area (Å²) in [4.78, 5) is 0. The summed E-state index contributed by atoms with van der Waals surface area (Å²) >= 11 is 0. The van der Waals surface area contributed by atoms with Crippen LogP contribution in [0.2, 0.25) is 0 Å². The SMILES string of the molecule is C=C(C)COc1[c-]cccc1.[Li+]. The van der Waals surface area contributed by atoms with Crippen LogP contribution in [0.1, 0.15) is 6.92 Å². The Kier molecular flexibility index (Phi) is 5.62. The topological polar surface area (TPSA) is 9.23 Å². The van der Waals surface area contributed by atoms with Crippen LogP contribution in [0.5, 0.6) is 5.75 Å². The Bertz CT molecular complexity index is 231. The van der Waals surface area contributed by atoms with Gasteiger partial charge in [-0.15, -0.1) is 12.1 Å². The molecule has 12 heavy (non-hydrogen) atoms. The van der Waals surface area contributed by atoms with Gasteiger partial charge in [-0.2, -0.15) is 18.2 Å². The van der Waals surface area contributed by atoms with Crippen molar-refractivity contribution in [3.05, 3.63) is 42.5 Å². The van der Waals surface area contributed by atoms with E-state index in [0.717, 1.165) is 11.3 Å². The maximum Gasteiger partial charge on any atom is 1.00 e. The third-order valence-corrected chi connectivity index (χ3v) is 1.15. The Morgan fingerprint density at radius 1 is 1.58 bits per heavy atom. The summed E-state index contributed by atoms with van der Waals surface area (Å²) in [5.41, 5.74) is 1.02. The number of hydrogen-bond acceptors (Lipinski definition) is 1. The number of para-hydroxylation sites is 1. The van der Waals surface area contributed by atoms with Crippen LogP contribution >= 0.6 is 0 Å². The zero-order chi connectivity index (χ0) is 8.10. The Morgan fingerprint density at radius 2 is 2.33 bits per heavy atom. The summed E-state index contributed by atoms with van der Waals surface area (Å²) in [7, 11) is 0. The quantitative estimate of drug-likeness (QED) is 0.322. The van der Waals surface area contributed by atoms with Crippen molar-refractivity contribution in [2.24, 2.45) is 0 Å². The number of ether oxygens (including phenoxy) is 1. The molecular formula is C10H11LiO. The third kappa shape index (κ3) is 4.28. The first-order chi connectivity index (χ1) is 5.29. The molecule has 0 radical (unpaired) electrons. The van der Waals surface area contributed by atoms with Crippen molar-refractivity contribution in [2.45, 2.75) is 6.92 Å². The molecule has 0 aliphatic rings. The monoisotopic (exact) mass is 154 g/mol. The number of benzene rings is 1. The standard InChI is InChI=1S/C10H11O.Li/c1-9(2)8-11-10-6-4-3-5-7-10;/h3-6H,1,8H2,2H3;/q-1;+1. The minimum Gasteiger partial charge on any atom is -0.515 e. The maximum absolute atomic E-state index is 5.31. The van der Waals surface area contributed by atoms with Crippen molar-refractivity contribution in [3.63, 3.8) is 0 Å². The molecule has 0 spiro atoms. The van der Waals surface area contributed by atoms with E-state index >= 15 is 0 Å². The van der Waals surface area contributed by atoms with Crippen LogP contribution in [-0.4, -0.2) is 6.61 Å². The zero-order valence-electron chi connectivity index (χ0n) is 7.63. The molecule has 1 nitrogen and oxygen atoms in total. The molecule has 0 saturated heterocycles. The maximum atomic E-state index is 5.31. The van der Waals surface area contributed by atoms with E-state index in [2.05, 4.69) is 12.6 Å². The van der Waals surface area contributed by atoms with Gasteiger partial charge in [-0.25, -0.2) is 0 Å². The molecule has 1 aromatic rings. The van der Waals surface area contributed by atoms with Crippen molar-refractivity contribution < 1.29 is 23.6 Å². The third-order valence-electron chi connectivity index (χ3n) is 1.15. The molecule has 1 rings (SSSR count). The summed E-state index contributed by atoms with van der Waals surface area (Å²) < 4.78 is 5.31. The Balaban J connectivity index is 0.00000121. The van der Waals surface area contributed by atoms with Crippen LogP contribution in [0.3, 0.4) is 0 Å². The Hall–Kier alpha value is -0.643. The van der Waals surface area contributed by atoms with Crippen LogP contribution in [0.4, 0.5) is 0 Å². The molecule has 0 unspecified atom stereocenters. The molecule has 0 bridgehead atoms. The van der Waals surface area contributed by atoms with Crippen molar-refractivity contribution in [1.29, 1.82) is 0 Å². The predicted molar refractivity (Wildman–Crippen MR) is 45.6 cm³/mol. The fourth-order valence-electron chi connectivity index (χ4n) is 0.668. The first kappa shape index (κ1) is 11.4. The van der Waals surface area contributed by atoms with Crippen molar-refractivity contribution >= 4 is 0 Å². The van der Waals surface area contributed by atoms with Crippen molar-refractivity contribution in [1.82, 2.24) is 0 Å². The predicted octanol–water partition coefficient (Wildman–Crippen LogP) is -0.554. The van der Waals surface area contributed by atoms with E-state index in [1.807, 2.05) is 31.2 Å². The smallest absolute Gasteiger partial charge is 0.515 e. The number of hydrogen-bond donors (Lipinski definition) is 0. The molecule has 0 atom stereocenters. The second-order valence-electron chi connectivity index (χ2n) is 2.47. The first-order valence-electron chi connectivity index (χ1n) is 3.53. The normalized spacial score (nSPS) is 8.42. The summed E-state index contributed by atoms with van der Waals surface area (Å²) in [6.45, 7) is 6.23. The van der Waals surface area contributed by atoms with Crippen molar-refractivity contribution in [2.75, 3.05) is 6.61 Å². The minimum absolute atomic E-state index is 0. The molecule has 0 N–H and O–H groups in total. The van der Waals surface area contributed by atoms with Crippen LogP contribution in [0.15, 0.2) is 36.4 Å². The first-order valence-corrected chi connectivity index (χ1v) is 3.53. The fourth-order valence-corrected chi connectivity index (χ4v) is 0.668. The van der Waals surface area contributed by atoms with E-state index in [-0.39, 0.29) is 18.9 Å². The van der Waals surface area contributed by atoms with Gasteiger partial charge in [0.1, 0.15) is 6.61 Å². The summed E-state index contributed by atoms with van der Waals surface area (Å²) in [6.07, 6.45) is 0. The fraction of sp³-hybridized carbons (Fsp3) is 0.200. The van der Waals surface area contributed by atoms with Gasteiger partial charge in [0.2, 0.25) is 0 Å². The second kappa shape index (κ2) is 5.94. The molecule has 0 saturated carbocycles. The average molecular weight is 154 g/mol. The van der Waals surface area contributed by atoms with Crippen LogP contribution in [0, 0.1) is 6.07 Å². The molecule has 0 heterocycles. The summed E-state index contributed by atoms with van der Waals surface area (Å²) in [5, 5.41) is 0. The van der Waals surface area contributed by atoms with Gasteiger partial charge in [-0.05, 0) is 12.5 Å². The van der Waals surface area contributed by atoms with Gasteiger partial charge in [0.05, 0.1) is 0 Å². The Morgan fingerprint density at radius 3 is 2.83 bits per heavy atom. The molecule has 0 fully saturated rings. The van der Waals surface area contributed by atoms with Gasteiger partial charge in [-0.3, -0.25) is 0 Å². The molecule has 0 aromatic heterocycles. The van der Waals surface area contributed by atoms with Gasteiger partial charge >= 0.3 is 18.9 Å². The van der Waals surface area contributed by atoms with Gasteiger partial charge in [0.25, 0.3) is 0 Å². The van der Waals surface area contributed by atoms with Gasteiger partial charge < -0.3 is 4.74 Å². The van der Waals surface area contributed by atoms with Gasteiger partial charge in [0, 0.05) is 5.75 Å². The molecule has 0 amide bonds. The molecule has 0 aliphatic carbocycles. The zero-order valence-corrected chi connectivity index (χ0v) is 7.63. The number of rotatable bonds is 3. The van der Waals surface area contributed by atoms with E-state index < -0.39 is 0 Å². The summed E-state index contributed by atoms with van der Waals surface area (Å²) in [5.74, 6) is 0.774. The molecule has 58 valence electrons. The molecule has 1 aromatic carbocycles. The van der Waals surface area contributed by atoms with E-state index in [0.29, 0.717) is 6.61 Å². The molecule has 0 aliphatic heterocycles.